The van der Waals surface area contributed by atoms with Crippen molar-refractivity contribution >= 4 is 5.84 Å². The first-order chi connectivity index (χ1) is 16.4. The van der Waals surface area contributed by atoms with Crippen LogP contribution in [0, 0.1) is 0 Å². The summed E-state index contributed by atoms with van der Waals surface area (Å²) in [5, 5.41) is 0. The van der Waals surface area contributed by atoms with Crippen LogP contribution < -0.4 is 0 Å². The predicted octanol–water partition coefficient (Wildman–Crippen LogP) is 8.65. The smallest absolute Gasteiger partial charge is 0.153 e. The molecule has 0 aromatic rings. The molecule has 0 aromatic heterocycles. The van der Waals surface area contributed by atoms with Crippen molar-refractivity contribution < 1.29 is 0 Å². The first-order valence-corrected chi connectivity index (χ1v) is 12.0. The second-order valence-electron chi connectivity index (χ2n) is 7.63. The molecule has 0 saturated heterocycles. The molecule has 0 bridgehead atoms. The van der Waals surface area contributed by atoms with Crippen LogP contribution in [0.2, 0.25) is 0 Å². The van der Waals surface area contributed by atoms with E-state index in [0.717, 1.165) is 29.3 Å². The fourth-order valence-electron chi connectivity index (χ4n) is 3.22. The molecule has 0 rings (SSSR count). The van der Waals surface area contributed by atoms with Crippen molar-refractivity contribution in [3.05, 3.63) is 122 Å². The van der Waals surface area contributed by atoms with Gasteiger partial charge < -0.3 is 9.80 Å². The molecule has 184 valence electrons. The van der Waals surface area contributed by atoms with Gasteiger partial charge in [0.15, 0.2) is 5.84 Å². The lowest BCUT2D eigenvalue weighted by Crippen LogP contribution is -2.41. The van der Waals surface area contributed by atoms with Crippen LogP contribution in [-0.2, 0) is 0 Å². The molecule has 0 fully saturated rings. The van der Waals surface area contributed by atoms with Crippen molar-refractivity contribution in [3.63, 3.8) is 0 Å². The Kier molecular flexibility index (Phi) is 16.4. The Morgan fingerprint density at radius 3 is 2.18 bits per heavy atom. The van der Waals surface area contributed by atoms with Crippen molar-refractivity contribution in [1.29, 1.82) is 0 Å². The third kappa shape index (κ3) is 10.1. The van der Waals surface area contributed by atoms with E-state index in [0.29, 0.717) is 0 Å². The summed E-state index contributed by atoms with van der Waals surface area (Å²) in [5.74, 6) is 0.843. The molecule has 0 saturated carbocycles. The Morgan fingerprint density at radius 1 is 0.971 bits per heavy atom. The van der Waals surface area contributed by atoms with E-state index in [4.69, 9.17) is 4.99 Å². The molecule has 0 spiro atoms. The second kappa shape index (κ2) is 18.1. The lowest BCUT2D eigenvalue weighted by atomic mass is 10.1. The molecule has 0 amide bonds. The molecule has 0 heterocycles. The number of amidine groups is 1. The van der Waals surface area contributed by atoms with Gasteiger partial charge in [-0.25, -0.2) is 0 Å². The van der Waals surface area contributed by atoms with Crippen LogP contribution in [0.25, 0.3) is 0 Å². The Morgan fingerprint density at radius 2 is 1.68 bits per heavy atom. The van der Waals surface area contributed by atoms with Crippen LogP contribution in [-0.4, -0.2) is 27.7 Å². The fraction of sp³-hybridized carbons (Fsp3) is 0.323. The summed E-state index contributed by atoms with van der Waals surface area (Å²) in [6, 6.07) is -0.00120. The minimum Gasteiger partial charge on any atom is -0.319 e. The standard InChI is InChI=1S/C31H45N3/c1-11-18-21-22-24-28(10)33(17-7)30(16-6)31(32-26(8)23-19-12-2)34(27(9)14-4)29(15-5)25-20-13-3/h11,13-27H,3-4,7,12H2,1-2,5-6,8-10H3/b18-11-,22-21-,23-19-,25-20-,28-24+,29-15+,30-16-,32-31?. The quantitative estimate of drug-likeness (QED) is 0.112. The second-order valence-corrected chi connectivity index (χ2v) is 7.63. The molecule has 3 nitrogen and oxygen atoms in total. The Bertz CT molecular complexity index is 888. The van der Waals surface area contributed by atoms with Crippen molar-refractivity contribution in [2.75, 3.05) is 0 Å². The summed E-state index contributed by atoms with van der Waals surface area (Å²) in [6.45, 7) is 26.5. The van der Waals surface area contributed by atoms with Crippen LogP contribution in [0.3, 0.4) is 0 Å². The average molecular weight is 460 g/mol. The van der Waals surface area contributed by atoms with Crippen LogP contribution in [0.4, 0.5) is 0 Å². The Labute approximate surface area is 209 Å². The van der Waals surface area contributed by atoms with Gasteiger partial charge in [0.05, 0.1) is 17.8 Å². The summed E-state index contributed by atoms with van der Waals surface area (Å²) in [6.07, 6.45) is 29.1. The monoisotopic (exact) mass is 459 g/mol. The molecule has 0 aliphatic heterocycles. The number of allylic oxidation sites excluding steroid dienone is 12. The molecule has 0 radical (unpaired) electrons. The van der Waals surface area contributed by atoms with E-state index in [1.54, 1.807) is 6.08 Å². The molecule has 0 aliphatic carbocycles. The van der Waals surface area contributed by atoms with Gasteiger partial charge in [-0.05, 0) is 60.1 Å². The highest BCUT2D eigenvalue weighted by Gasteiger charge is 2.25. The molecule has 0 aromatic carbocycles. The van der Waals surface area contributed by atoms with E-state index in [9.17, 15) is 0 Å². The summed E-state index contributed by atoms with van der Waals surface area (Å²) >= 11 is 0. The molecule has 2 unspecified atom stereocenters. The van der Waals surface area contributed by atoms with Gasteiger partial charge in [0.1, 0.15) is 0 Å². The number of hydrogen-bond acceptors (Lipinski definition) is 2. The third-order valence-electron chi connectivity index (χ3n) is 5.01. The first-order valence-electron chi connectivity index (χ1n) is 12.0. The van der Waals surface area contributed by atoms with Gasteiger partial charge in [-0.15, -0.1) is 6.58 Å². The van der Waals surface area contributed by atoms with Crippen LogP contribution in [0.15, 0.2) is 127 Å². The van der Waals surface area contributed by atoms with E-state index in [2.05, 4.69) is 87.6 Å². The minimum atomic E-state index is -0.00329. The average Bonchev–Trinajstić information content (AvgIpc) is 2.84. The largest absolute Gasteiger partial charge is 0.319 e. The third-order valence-corrected chi connectivity index (χ3v) is 5.01. The molecule has 34 heavy (non-hydrogen) atoms. The van der Waals surface area contributed by atoms with Crippen LogP contribution in [0.1, 0.15) is 54.9 Å². The lowest BCUT2D eigenvalue weighted by Gasteiger charge is -2.36. The zero-order valence-corrected chi connectivity index (χ0v) is 22.4. The predicted molar refractivity (Wildman–Crippen MR) is 154 cm³/mol. The van der Waals surface area contributed by atoms with E-state index < -0.39 is 0 Å². The summed E-state index contributed by atoms with van der Waals surface area (Å²) in [4.78, 5) is 9.46. The SMILES string of the molecule is C=C/C=C\C(=C/C)N(C(=NC(C)/C=C\CC)/C(=C/C)N(C=C)/C(C)=C/C=C\C=C/C)C(C)C=C. The van der Waals surface area contributed by atoms with Crippen molar-refractivity contribution in [2.45, 2.75) is 67.0 Å². The molecular formula is C31H45N3. The van der Waals surface area contributed by atoms with Gasteiger partial charge in [-0.3, -0.25) is 4.99 Å². The van der Waals surface area contributed by atoms with Crippen LogP contribution in [0.5, 0.6) is 0 Å². The van der Waals surface area contributed by atoms with Crippen LogP contribution >= 0.6 is 0 Å². The fourth-order valence-corrected chi connectivity index (χ4v) is 3.22. The van der Waals surface area contributed by atoms with Gasteiger partial charge in [0.2, 0.25) is 0 Å². The van der Waals surface area contributed by atoms with Crippen molar-refractivity contribution in [3.8, 4) is 0 Å². The molecular weight excluding hydrogens is 414 g/mol. The lowest BCUT2D eigenvalue weighted by molar-refractivity contribution is 0.454. The summed E-state index contributed by atoms with van der Waals surface area (Å²) in [7, 11) is 0. The van der Waals surface area contributed by atoms with E-state index in [1.807, 2.05) is 69.5 Å². The van der Waals surface area contributed by atoms with Gasteiger partial charge in [0.25, 0.3) is 0 Å². The maximum absolute atomic E-state index is 5.19. The summed E-state index contributed by atoms with van der Waals surface area (Å²) in [5.41, 5.74) is 2.99. The maximum Gasteiger partial charge on any atom is 0.153 e. The topological polar surface area (TPSA) is 18.8 Å². The van der Waals surface area contributed by atoms with Gasteiger partial charge in [-0.1, -0.05) is 86.9 Å². The van der Waals surface area contributed by atoms with E-state index in [-0.39, 0.29) is 12.1 Å². The highest BCUT2D eigenvalue weighted by atomic mass is 15.3. The highest BCUT2D eigenvalue weighted by Crippen LogP contribution is 2.24. The van der Waals surface area contributed by atoms with E-state index >= 15 is 0 Å². The Hall–Kier alpha value is -3.33. The van der Waals surface area contributed by atoms with Gasteiger partial charge in [0, 0.05) is 17.6 Å². The number of rotatable bonds is 14. The molecule has 0 aliphatic rings. The zero-order chi connectivity index (χ0) is 25.9. The maximum atomic E-state index is 5.19. The zero-order valence-electron chi connectivity index (χ0n) is 22.4. The number of aliphatic imine (C=N–C) groups is 1. The van der Waals surface area contributed by atoms with Gasteiger partial charge >= 0.3 is 0 Å². The summed E-state index contributed by atoms with van der Waals surface area (Å²) < 4.78 is 0. The molecule has 0 N–H and O–H groups in total. The highest BCUT2D eigenvalue weighted by molar-refractivity contribution is 6.00. The van der Waals surface area contributed by atoms with E-state index in [1.165, 1.54) is 0 Å². The number of hydrogen-bond donors (Lipinski definition) is 0. The van der Waals surface area contributed by atoms with Crippen molar-refractivity contribution in [1.82, 2.24) is 9.80 Å². The van der Waals surface area contributed by atoms with Gasteiger partial charge in [-0.2, -0.15) is 0 Å². The normalized spacial score (nSPS) is 16.0. The molecule has 2 atom stereocenters. The Balaban J connectivity index is 7.00. The number of nitrogens with zero attached hydrogens (tertiary/aromatic N) is 3. The van der Waals surface area contributed by atoms with Crippen molar-refractivity contribution in [2.24, 2.45) is 4.99 Å². The minimum absolute atomic E-state index is 0.00209. The molecule has 3 heteroatoms. The first kappa shape index (κ1) is 30.7.